The van der Waals surface area contributed by atoms with Crippen LogP contribution in [0.25, 0.3) is 16.7 Å². The Labute approximate surface area is 156 Å². The SMILES string of the molecule is CN1C=C(c2cc(N)ccc2F)c2cc(-c3cnn(C)c3)ccc2C1C=O. The van der Waals surface area contributed by atoms with Crippen molar-refractivity contribution in [3.05, 3.63) is 77.5 Å². The number of nitrogens with two attached hydrogens (primary N) is 1. The van der Waals surface area contributed by atoms with Crippen LogP contribution in [0.2, 0.25) is 0 Å². The van der Waals surface area contributed by atoms with E-state index < -0.39 is 6.04 Å². The van der Waals surface area contributed by atoms with E-state index in [1.807, 2.05) is 31.4 Å². The number of hydrogen-bond acceptors (Lipinski definition) is 4. The summed E-state index contributed by atoms with van der Waals surface area (Å²) < 4.78 is 16.3. The lowest BCUT2D eigenvalue weighted by molar-refractivity contribution is -0.111. The molecule has 0 amide bonds. The number of nitrogen functional groups attached to an aromatic ring is 1. The summed E-state index contributed by atoms with van der Waals surface area (Å²) in [6.45, 7) is 0. The molecule has 1 atom stereocenters. The van der Waals surface area contributed by atoms with E-state index in [1.165, 1.54) is 12.1 Å². The molecule has 2 aromatic carbocycles. The molecule has 0 saturated carbocycles. The van der Waals surface area contributed by atoms with Gasteiger partial charge in [-0.05, 0) is 41.0 Å². The zero-order valence-corrected chi connectivity index (χ0v) is 15.1. The van der Waals surface area contributed by atoms with Crippen molar-refractivity contribution in [1.82, 2.24) is 14.7 Å². The quantitative estimate of drug-likeness (QED) is 0.573. The van der Waals surface area contributed by atoms with Gasteiger partial charge in [0.2, 0.25) is 0 Å². The van der Waals surface area contributed by atoms with Gasteiger partial charge < -0.3 is 15.4 Å². The Kier molecular flexibility index (Phi) is 4.03. The lowest BCUT2D eigenvalue weighted by atomic mass is 9.86. The molecule has 0 aliphatic carbocycles. The predicted octanol–water partition coefficient (Wildman–Crippen LogP) is 3.38. The Morgan fingerprint density at radius 2 is 1.93 bits per heavy atom. The maximum absolute atomic E-state index is 14.6. The highest BCUT2D eigenvalue weighted by molar-refractivity contribution is 5.88. The highest BCUT2D eigenvalue weighted by Gasteiger charge is 2.27. The number of carbonyl (C=O) groups excluding carboxylic acids is 1. The van der Waals surface area contributed by atoms with Crippen LogP contribution < -0.4 is 5.73 Å². The molecule has 3 aromatic rings. The van der Waals surface area contributed by atoms with E-state index in [2.05, 4.69) is 5.10 Å². The van der Waals surface area contributed by atoms with Crippen molar-refractivity contribution >= 4 is 17.5 Å². The number of likely N-dealkylation sites (N-methyl/N-ethyl adjacent to an activating group) is 1. The summed E-state index contributed by atoms with van der Waals surface area (Å²) in [7, 11) is 3.66. The van der Waals surface area contributed by atoms with Crippen molar-refractivity contribution in [1.29, 1.82) is 0 Å². The third-order valence-corrected chi connectivity index (χ3v) is 4.88. The van der Waals surface area contributed by atoms with Gasteiger partial charge in [0, 0.05) is 48.9 Å². The molecule has 0 fully saturated rings. The van der Waals surface area contributed by atoms with E-state index in [4.69, 9.17) is 5.73 Å². The van der Waals surface area contributed by atoms with Crippen molar-refractivity contribution in [3.8, 4) is 11.1 Å². The number of rotatable bonds is 3. The number of anilines is 1. The molecule has 1 aromatic heterocycles. The van der Waals surface area contributed by atoms with Gasteiger partial charge in [0.05, 0.1) is 6.20 Å². The number of hydrogen-bond donors (Lipinski definition) is 1. The minimum absolute atomic E-state index is 0.355. The van der Waals surface area contributed by atoms with E-state index in [9.17, 15) is 9.18 Å². The second kappa shape index (κ2) is 6.39. The number of aldehydes is 1. The van der Waals surface area contributed by atoms with Crippen LogP contribution >= 0.6 is 0 Å². The van der Waals surface area contributed by atoms with Gasteiger partial charge in [0.25, 0.3) is 0 Å². The first kappa shape index (κ1) is 17.0. The molecule has 136 valence electrons. The van der Waals surface area contributed by atoms with Crippen molar-refractivity contribution in [3.63, 3.8) is 0 Å². The van der Waals surface area contributed by atoms with Crippen LogP contribution in [0.5, 0.6) is 0 Å². The molecular weight excluding hydrogens is 343 g/mol. The summed E-state index contributed by atoms with van der Waals surface area (Å²) in [5.41, 5.74) is 11.0. The van der Waals surface area contributed by atoms with Crippen molar-refractivity contribution in [2.24, 2.45) is 7.05 Å². The minimum atomic E-state index is -0.421. The predicted molar refractivity (Wildman–Crippen MR) is 103 cm³/mol. The summed E-state index contributed by atoms with van der Waals surface area (Å²) in [4.78, 5) is 13.5. The molecule has 0 radical (unpaired) electrons. The highest BCUT2D eigenvalue weighted by Crippen LogP contribution is 2.39. The summed E-state index contributed by atoms with van der Waals surface area (Å²) >= 11 is 0. The molecule has 2 N–H and O–H groups in total. The van der Waals surface area contributed by atoms with Crippen molar-refractivity contribution in [2.45, 2.75) is 6.04 Å². The topological polar surface area (TPSA) is 64.2 Å². The Hall–Kier alpha value is -3.41. The lowest BCUT2D eigenvalue weighted by Crippen LogP contribution is -2.26. The van der Waals surface area contributed by atoms with Gasteiger partial charge in [-0.1, -0.05) is 12.1 Å². The van der Waals surface area contributed by atoms with Gasteiger partial charge in [-0.15, -0.1) is 0 Å². The van der Waals surface area contributed by atoms with Crippen molar-refractivity contribution in [2.75, 3.05) is 12.8 Å². The Morgan fingerprint density at radius 3 is 2.63 bits per heavy atom. The van der Waals surface area contributed by atoms with E-state index in [1.54, 1.807) is 35.1 Å². The fourth-order valence-corrected chi connectivity index (χ4v) is 3.50. The average molecular weight is 362 g/mol. The zero-order valence-electron chi connectivity index (χ0n) is 15.1. The summed E-state index contributed by atoms with van der Waals surface area (Å²) in [6, 6.07) is 9.95. The van der Waals surface area contributed by atoms with E-state index in [0.29, 0.717) is 16.8 Å². The first-order chi connectivity index (χ1) is 13.0. The zero-order chi connectivity index (χ0) is 19.1. The third kappa shape index (κ3) is 2.89. The average Bonchev–Trinajstić information content (AvgIpc) is 3.09. The van der Waals surface area contributed by atoms with Gasteiger partial charge in [-0.3, -0.25) is 4.68 Å². The molecule has 1 unspecified atom stereocenters. The molecule has 4 rings (SSSR count). The molecule has 1 aliphatic rings. The number of benzene rings is 2. The van der Waals surface area contributed by atoms with Crippen LogP contribution in [0.3, 0.4) is 0 Å². The highest BCUT2D eigenvalue weighted by atomic mass is 19.1. The number of carbonyl (C=O) groups is 1. The van der Waals surface area contributed by atoms with Crippen LogP contribution in [0.15, 0.2) is 55.0 Å². The van der Waals surface area contributed by atoms with Gasteiger partial charge in [-0.2, -0.15) is 5.10 Å². The smallest absolute Gasteiger partial charge is 0.146 e. The van der Waals surface area contributed by atoms with Gasteiger partial charge in [-0.25, -0.2) is 4.39 Å². The van der Waals surface area contributed by atoms with E-state index in [0.717, 1.165) is 28.5 Å². The largest absolute Gasteiger partial charge is 0.399 e. The van der Waals surface area contributed by atoms with Crippen LogP contribution in [0.1, 0.15) is 22.7 Å². The standard InChI is InChI=1S/C21H19FN4O/c1-25-11-19(18-8-15(23)4-6-20(18)22)17-7-13(14-9-24-26(2)10-14)3-5-16(17)21(25)12-27/h3-12,21H,23H2,1-2H3. The number of aryl methyl sites for hydroxylation is 1. The summed E-state index contributed by atoms with van der Waals surface area (Å²) in [5.74, 6) is -0.355. The maximum Gasteiger partial charge on any atom is 0.146 e. The molecule has 27 heavy (non-hydrogen) atoms. The van der Waals surface area contributed by atoms with Gasteiger partial charge >= 0.3 is 0 Å². The molecule has 5 nitrogen and oxygen atoms in total. The van der Waals surface area contributed by atoms with Crippen LogP contribution in [0.4, 0.5) is 10.1 Å². The first-order valence-electron chi connectivity index (χ1n) is 8.55. The first-order valence-corrected chi connectivity index (χ1v) is 8.55. The van der Waals surface area contributed by atoms with Gasteiger partial charge in [0.1, 0.15) is 18.1 Å². The summed E-state index contributed by atoms with van der Waals surface area (Å²) in [6.07, 6.45) is 6.38. The second-order valence-corrected chi connectivity index (χ2v) is 6.73. The van der Waals surface area contributed by atoms with Crippen LogP contribution in [-0.2, 0) is 11.8 Å². The number of halogens is 1. The Morgan fingerprint density at radius 1 is 1.11 bits per heavy atom. The summed E-state index contributed by atoms with van der Waals surface area (Å²) in [5, 5.41) is 4.21. The minimum Gasteiger partial charge on any atom is -0.399 e. The molecular formula is C21H19FN4O. The van der Waals surface area contributed by atoms with E-state index in [-0.39, 0.29) is 5.82 Å². The molecule has 6 heteroatoms. The third-order valence-electron chi connectivity index (χ3n) is 4.88. The Balaban J connectivity index is 1.94. The fraction of sp³-hybridized carbons (Fsp3) is 0.143. The fourth-order valence-electron chi connectivity index (χ4n) is 3.50. The van der Waals surface area contributed by atoms with Crippen molar-refractivity contribution < 1.29 is 9.18 Å². The monoisotopic (exact) mass is 362 g/mol. The Bertz CT molecular complexity index is 1070. The number of fused-ring (bicyclic) bond motifs is 1. The van der Waals surface area contributed by atoms with Gasteiger partial charge in [0.15, 0.2) is 0 Å². The van der Waals surface area contributed by atoms with Crippen LogP contribution in [0, 0.1) is 5.82 Å². The normalized spacial score (nSPS) is 16.0. The second-order valence-electron chi connectivity index (χ2n) is 6.73. The molecule has 0 saturated heterocycles. The molecule has 1 aliphatic heterocycles. The molecule has 2 heterocycles. The van der Waals surface area contributed by atoms with E-state index >= 15 is 0 Å². The number of aromatic nitrogens is 2. The number of nitrogens with zero attached hydrogens (tertiary/aromatic N) is 3. The maximum atomic E-state index is 14.6. The lowest BCUT2D eigenvalue weighted by Gasteiger charge is -2.31. The molecule has 0 bridgehead atoms. The molecule has 0 spiro atoms. The van der Waals surface area contributed by atoms with Crippen LogP contribution in [-0.4, -0.2) is 28.0 Å².